The summed E-state index contributed by atoms with van der Waals surface area (Å²) in [6.07, 6.45) is 3.47. The number of nitrogens with zero attached hydrogens (tertiary/aromatic N) is 5. The van der Waals surface area contributed by atoms with E-state index in [0.717, 1.165) is 15.7 Å². The molecule has 0 aliphatic carbocycles. The maximum Gasteiger partial charge on any atom is 0.378 e. The minimum absolute atomic E-state index is 0.0666. The van der Waals surface area contributed by atoms with Gasteiger partial charge in [0.05, 0.1) is 10.8 Å². The van der Waals surface area contributed by atoms with Gasteiger partial charge in [0.2, 0.25) is 0 Å². The average Bonchev–Trinajstić information content (AvgIpc) is 2.56. The number of amidine groups is 1. The highest BCUT2D eigenvalue weighted by atomic mass is 79.9. The van der Waals surface area contributed by atoms with Crippen LogP contribution in [0.2, 0.25) is 0 Å². The number of hydrogen-bond acceptors (Lipinski definition) is 6. The molecule has 0 saturated carbocycles. The van der Waals surface area contributed by atoms with Gasteiger partial charge in [-0.1, -0.05) is 22.0 Å². The Hall–Kier alpha value is -2.32. The Kier molecular flexibility index (Phi) is 4.63. The fraction of sp³-hybridized carbons (Fsp3) is 0.200. The quantitative estimate of drug-likeness (QED) is 0.608. The van der Waals surface area contributed by atoms with Gasteiger partial charge < -0.3 is 10.1 Å². The zero-order valence-corrected chi connectivity index (χ0v) is 13.8. The summed E-state index contributed by atoms with van der Waals surface area (Å²) in [7, 11) is 0. The molecule has 1 aliphatic rings. The van der Waals surface area contributed by atoms with Crippen LogP contribution < -0.4 is 5.01 Å². The first-order valence-corrected chi connectivity index (χ1v) is 7.77. The number of hydrogen-bond donors (Lipinski definition) is 0. The Bertz CT molecular complexity index is 720. The van der Waals surface area contributed by atoms with Crippen molar-refractivity contribution in [3.63, 3.8) is 0 Å². The summed E-state index contributed by atoms with van der Waals surface area (Å²) >= 11 is 3.38. The Morgan fingerprint density at radius 1 is 1.26 bits per heavy atom. The van der Waals surface area contributed by atoms with E-state index < -0.39 is 4.92 Å². The van der Waals surface area contributed by atoms with E-state index in [1.165, 1.54) is 0 Å². The van der Waals surface area contributed by atoms with E-state index in [1.54, 1.807) is 17.4 Å². The van der Waals surface area contributed by atoms with Gasteiger partial charge in [0.15, 0.2) is 0 Å². The highest BCUT2D eigenvalue weighted by Crippen LogP contribution is 2.21. The number of benzene rings is 1. The number of rotatable bonds is 3. The summed E-state index contributed by atoms with van der Waals surface area (Å²) in [4.78, 5) is 16.8. The Morgan fingerprint density at radius 2 is 2.04 bits per heavy atom. The van der Waals surface area contributed by atoms with Crippen LogP contribution in [0.25, 0.3) is 0 Å². The molecule has 7 nitrogen and oxygen atoms in total. The van der Waals surface area contributed by atoms with E-state index in [-0.39, 0.29) is 12.4 Å². The normalized spacial score (nSPS) is 15.3. The van der Waals surface area contributed by atoms with Crippen LogP contribution in [0, 0.1) is 10.1 Å². The topological polar surface area (TPSA) is 74.9 Å². The third kappa shape index (κ3) is 3.91. The minimum Gasteiger partial charge on any atom is -0.358 e. The number of hydrazone groups is 1. The van der Waals surface area contributed by atoms with E-state index in [0.29, 0.717) is 13.2 Å². The molecule has 3 rings (SSSR count). The van der Waals surface area contributed by atoms with Crippen molar-refractivity contribution in [1.82, 2.24) is 9.88 Å². The van der Waals surface area contributed by atoms with Crippen molar-refractivity contribution in [2.24, 2.45) is 5.10 Å². The molecule has 8 heteroatoms. The molecular weight excluding hydrogens is 362 g/mol. The first kappa shape index (κ1) is 15.6. The van der Waals surface area contributed by atoms with Crippen molar-refractivity contribution in [1.29, 1.82) is 0 Å². The maximum atomic E-state index is 11.2. The predicted molar refractivity (Wildman–Crippen MR) is 90.6 cm³/mol. The third-order valence-electron chi connectivity index (χ3n) is 3.40. The van der Waals surface area contributed by atoms with Gasteiger partial charge in [0, 0.05) is 23.4 Å². The largest absolute Gasteiger partial charge is 0.378 e. The summed E-state index contributed by atoms with van der Waals surface area (Å²) < 4.78 is 0.948. The SMILES string of the molecule is O=[N+]([O-])C1=NN(c2ccc(Br)cc2)CN(Cc2cccnc2)C1. The van der Waals surface area contributed by atoms with E-state index in [2.05, 4.69) is 26.0 Å². The fourth-order valence-corrected chi connectivity index (χ4v) is 2.61. The number of aromatic nitrogens is 1. The molecule has 0 unspecified atom stereocenters. The minimum atomic E-state index is -0.429. The molecule has 0 atom stereocenters. The van der Waals surface area contributed by atoms with Gasteiger partial charge in [-0.05, 0) is 40.8 Å². The van der Waals surface area contributed by atoms with Crippen molar-refractivity contribution >= 4 is 27.5 Å². The van der Waals surface area contributed by atoms with E-state index >= 15 is 0 Å². The molecule has 0 bridgehead atoms. The zero-order chi connectivity index (χ0) is 16.2. The summed E-state index contributed by atoms with van der Waals surface area (Å²) in [5.41, 5.74) is 1.82. The van der Waals surface area contributed by atoms with Crippen LogP contribution in [0.5, 0.6) is 0 Å². The second-order valence-electron chi connectivity index (χ2n) is 5.14. The van der Waals surface area contributed by atoms with E-state index in [4.69, 9.17) is 0 Å². The summed E-state index contributed by atoms with van der Waals surface area (Å²) in [5, 5.41) is 17.0. The molecule has 118 valence electrons. The van der Waals surface area contributed by atoms with Crippen LogP contribution in [0.4, 0.5) is 5.69 Å². The number of anilines is 1. The van der Waals surface area contributed by atoms with Crippen LogP contribution in [0.1, 0.15) is 5.56 Å². The molecule has 0 amide bonds. The van der Waals surface area contributed by atoms with Crippen molar-refractivity contribution in [3.8, 4) is 0 Å². The van der Waals surface area contributed by atoms with Gasteiger partial charge in [-0.15, -0.1) is 0 Å². The standard InChI is InChI=1S/C15H14BrN5O2/c16-13-3-5-14(6-4-13)20-11-19(10-15(18-20)21(22)23)9-12-2-1-7-17-8-12/h1-8H,9-11H2. The number of halogens is 1. The molecule has 1 aliphatic heterocycles. The van der Waals surface area contributed by atoms with Crippen LogP contribution in [-0.4, -0.2) is 33.9 Å². The van der Waals surface area contributed by atoms with Crippen LogP contribution >= 0.6 is 15.9 Å². The highest BCUT2D eigenvalue weighted by Gasteiger charge is 2.29. The average molecular weight is 376 g/mol. The van der Waals surface area contributed by atoms with Crippen molar-refractivity contribution in [2.45, 2.75) is 6.54 Å². The first-order chi connectivity index (χ1) is 11.1. The summed E-state index contributed by atoms with van der Waals surface area (Å²) in [5.74, 6) is -0.0666. The van der Waals surface area contributed by atoms with E-state index in [9.17, 15) is 10.1 Å². The van der Waals surface area contributed by atoms with Gasteiger partial charge in [-0.25, -0.2) is 0 Å². The number of nitro groups is 1. The predicted octanol–water partition coefficient (Wildman–Crippen LogP) is 2.71. The zero-order valence-electron chi connectivity index (χ0n) is 12.2. The Labute approximate surface area is 141 Å². The van der Waals surface area contributed by atoms with Gasteiger partial charge in [-0.2, -0.15) is 5.01 Å². The van der Waals surface area contributed by atoms with E-state index in [1.807, 2.05) is 41.3 Å². The first-order valence-electron chi connectivity index (χ1n) is 6.98. The molecule has 2 heterocycles. The lowest BCUT2D eigenvalue weighted by Crippen LogP contribution is -2.45. The van der Waals surface area contributed by atoms with Crippen LogP contribution in [0.3, 0.4) is 0 Å². The molecular formula is C15H14BrN5O2. The molecule has 23 heavy (non-hydrogen) atoms. The van der Waals surface area contributed by atoms with Crippen molar-refractivity contribution in [2.75, 3.05) is 18.2 Å². The molecule has 1 aromatic heterocycles. The van der Waals surface area contributed by atoms with Crippen molar-refractivity contribution < 1.29 is 4.92 Å². The number of pyridine rings is 1. The lowest BCUT2D eigenvalue weighted by molar-refractivity contribution is -0.354. The Morgan fingerprint density at radius 3 is 2.70 bits per heavy atom. The summed E-state index contributed by atoms with van der Waals surface area (Å²) in [6, 6.07) is 11.3. The molecule has 0 fully saturated rings. The molecule has 0 spiro atoms. The summed E-state index contributed by atoms with van der Waals surface area (Å²) in [6.45, 7) is 1.26. The smallest absolute Gasteiger partial charge is 0.358 e. The van der Waals surface area contributed by atoms with Gasteiger partial charge in [0.25, 0.3) is 0 Å². The lowest BCUT2D eigenvalue weighted by atomic mass is 10.2. The van der Waals surface area contributed by atoms with Gasteiger partial charge in [-0.3, -0.25) is 9.88 Å². The van der Waals surface area contributed by atoms with Gasteiger partial charge >= 0.3 is 5.84 Å². The highest BCUT2D eigenvalue weighted by molar-refractivity contribution is 9.10. The maximum absolute atomic E-state index is 11.2. The second-order valence-corrected chi connectivity index (χ2v) is 6.05. The third-order valence-corrected chi connectivity index (χ3v) is 3.93. The molecule has 0 radical (unpaired) electrons. The van der Waals surface area contributed by atoms with Gasteiger partial charge in [0.1, 0.15) is 13.2 Å². The molecule has 1 aromatic carbocycles. The van der Waals surface area contributed by atoms with Crippen LogP contribution in [-0.2, 0) is 6.54 Å². The second kappa shape index (κ2) is 6.84. The molecule has 0 saturated heterocycles. The Balaban J connectivity index is 1.83. The lowest BCUT2D eigenvalue weighted by Gasteiger charge is -2.28. The molecule has 0 N–H and O–H groups in total. The van der Waals surface area contributed by atoms with Crippen molar-refractivity contribution in [3.05, 3.63) is 68.9 Å². The monoisotopic (exact) mass is 375 g/mol. The fourth-order valence-electron chi connectivity index (χ4n) is 2.34. The van der Waals surface area contributed by atoms with Crippen LogP contribution in [0.15, 0.2) is 58.4 Å². The molecule has 2 aromatic rings.